The monoisotopic (exact) mass is 242 g/mol. The fourth-order valence-electron chi connectivity index (χ4n) is 2.92. The van der Waals surface area contributed by atoms with Gasteiger partial charge in [0, 0.05) is 0 Å². The second-order valence-electron chi connectivity index (χ2n) is 5.04. The minimum Gasteiger partial charge on any atom is -0.0716 e. The van der Waals surface area contributed by atoms with E-state index in [1.807, 2.05) is 0 Å². The summed E-state index contributed by atoms with van der Waals surface area (Å²) < 4.78 is 0. The first kappa shape index (κ1) is 10.6. The molecule has 1 aliphatic rings. The Morgan fingerprint density at radius 2 is 1.37 bits per heavy atom. The lowest BCUT2D eigenvalue weighted by atomic mass is 9.96. The molecule has 0 saturated heterocycles. The van der Waals surface area contributed by atoms with E-state index in [2.05, 4.69) is 72.8 Å². The van der Waals surface area contributed by atoms with Gasteiger partial charge in [-0.2, -0.15) is 0 Å². The van der Waals surface area contributed by atoms with Crippen LogP contribution in [0.5, 0.6) is 0 Å². The third-order valence-electron chi connectivity index (χ3n) is 3.87. The number of fused-ring (bicyclic) bond motifs is 2. The molecule has 3 aromatic carbocycles. The van der Waals surface area contributed by atoms with E-state index < -0.39 is 0 Å². The molecule has 90 valence electrons. The SMILES string of the molecule is C1=C(c2ccccc2)c2cc3ccccc3cc2C1. The lowest BCUT2D eigenvalue weighted by Gasteiger charge is -2.08. The summed E-state index contributed by atoms with van der Waals surface area (Å²) in [6.07, 6.45) is 3.39. The molecule has 0 N–H and O–H groups in total. The molecule has 0 aromatic heterocycles. The minimum atomic E-state index is 1.05. The first-order chi connectivity index (χ1) is 9.42. The molecule has 0 spiro atoms. The second-order valence-corrected chi connectivity index (χ2v) is 5.04. The van der Waals surface area contributed by atoms with E-state index in [1.165, 1.54) is 33.0 Å². The van der Waals surface area contributed by atoms with Crippen molar-refractivity contribution in [1.82, 2.24) is 0 Å². The molecule has 0 nitrogen and oxygen atoms in total. The van der Waals surface area contributed by atoms with Gasteiger partial charge >= 0.3 is 0 Å². The van der Waals surface area contributed by atoms with Gasteiger partial charge in [0.2, 0.25) is 0 Å². The predicted molar refractivity (Wildman–Crippen MR) is 81.2 cm³/mol. The molecule has 0 atom stereocenters. The van der Waals surface area contributed by atoms with Crippen LogP contribution < -0.4 is 0 Å². The largest absolute Gasteiger partial charge is 0.0716 e. The Hall–Kier alpha value is -2.34. The molecule has 19 heavy (non-hydrogen) atoms. The summed E-state index contributed by atoms with van der Waals surface area (Å²) in [5, 5.41) is 2.66. The van der Waals surface area contributed by atoms with Crippen molar-refractivity contribution in [1.29, 1.82) is 0 Å². The van der Waals surface area contributed by atoms with Crippen LogP contribution in [0.25, 0.3) is 16.3 Å². The van der Waals surface area contributed by atoms with Gasteiger partial charge in [-0.15, -0.1) is 0 Å². The van der Waals surface area contributed by atoms with Crippen molar-refractivity contribution in [3.63, 3.8) is 0 Å². The van der Waals surface area contributed by atoms with Crippen molar-refractivity contribution < 1.29 is 0 Å². The third-order valence-corrected chi connectivity index (χ3v) is 3.87. The van der Waals surface area contributed by atoms with E-state index in [0.717, 1.165) is 6.42 Å². The molecule has 0 unspecified atom stereocenters. The highest BCUT2D eigenvalue weighted by molar-refractivity contribution is 5.93. The van der Waals surface area contributed by atoms with Crippen LogP contribution in [-0.4, -0.2) is 0 Å². The summed E-state index contributed by atoms with van der Waals surface area (Å²) >= 11 is 0. The first-order valence-corrected chi connectivity index (χ1v) is 6.69. The van der Waals surface area contributed by atoms with Gasteiger partial charge in [-0.1, -0.05) is 66.7 Å². The van der Waals surface area contributed by atoms with E-state index in [1.54, 1.807) is 0 Å². The van der Waals surface area contributed by atoms with Crippen LogP contribution in [0.15, 0.2) is 72.8 Å². The molecule has 0 heteroatoms. The normalized spacial score (nSPS) is 13.4. The maximum Gasteiger partial charge on any atom is -0.00816 e. The van der Waals surface area contributed by atoms with E-state index in [0.29, 0.717) is 0 Å². The fraction of sp³-hybridized carbons (Fsp3) is 0.0526. The van der Waals surface area contributed by atoms with E-state index in [-0.39, 0.29) is 0 Å². The van der Waals surface area contributed by atoms with Crippen LogP contribution in [0.4, 0.5) is 0 Å². The van der Waals surface area contributed by atoms with Crippen LogP contribution >= 0.6 is 0 Å². The molecule has 0 aliphatic heterocycles. The van der Waals surface area contributed by atoms with Crippen molar-refractivity contribution in [2.24, 2.45) is 0 Å². The minimum absolute atomic E-state index is 1.05. The molecule has 1 aliphatic carbocycles. The van der Waals surface area contributed by atoms with Crippen molar-refractivity contribution in [3.8, 4) is 0 Å². The van der Waals surface area contributed by atoms with Gasteiger partial charge in [-0.3, -0.25) is 0 Å². The zero-order valence-electron chi connectivity index (χ0n) is 10.6. The van der Waals surface area contributed by atoms with Crippen molar-refractivity contribution >= 4 is 16.3 Å². The molecule has 0 fully saturated rings. The number of benzene rings is 3. The molecular weight excluding hydrogens is 228 g/mol. The van der Waals surface area contributed by atoms with Gasteiger partial charge in [-0.05, 0) is 45.5 Å². The smallest absolute Gasteiger partial charge is 0.00816 e. The molecule has 0 heterocycles. The van der Waals surface area contributed by atoms with Crippen LogP contribution in [0, 0.1) is 0 Å². The van der Waals surface area contributed by atoms with Crippen molar-refractivity contribution in [2.75, 3.05) is 0 Å². The van der Waals surface area contributed by atoms with Crippen molar-refractivity contribution in [3.05, 3.63) is 89.5 Å². The average Bonchev–Trinajstić information content (AvgIpc) is 2.88. The van der Waals surface area contributed by atoms with Gasteiger partial charge in [0.05, 0.1) is 0 Å². The number of hydrogen-bond donors (Lipinski definition) is 0. The molecule has 0 saturated carbocycles. The Labute approximate surface area is 113 Å². The third kappa shape index (κ3) is 1.68. The predicted octanol–water partition coefficient (Wildman–Crippen LogP) is 4.83. The number of hydrogen-bond acceptors (Lipinski definition) is 0. The van der Waals surface area contributed by atoms with Gasteiger partial charge in [0.25, 0.3) is 0 Å². The zero-order valence-corrected chi connectivity index (χ0v) is 10.6. The molecule has 4 rings (SSSR count). The maximum absolute atomic E-state index is 2.35. The lowest BCUT2D eigenvalue weighted by molar-refractivity contribution is 1.32. The van der Waals surface area contributed by atoms with Crippen LogP contribution in [-0.2, 0) is 6.42 Å². The van der Waals surface area contributed by atoms with Gasteiger partial charge in [-0.25, -0.2) is 0 Å². The summed E-state index contributed by atoms with van der Waals surface area (Å²) in [6, 6.07) is 23.9. The Balaban J connectivity index is 1.92. The highest BCUT2D eigenvalue weighted by Gasteiger charge is 2.15. The number of allylic oxidation sites excluding steroid dienone is 1. The van der Waals surface area contributed by atoms with Crippen LogP contribution in [0.2, 0.25) is 0 Å². The van der Waals surface area contributed by atoms with Gasteiger partial charge < -0.3 is 0 Å². The molecular formula is C19H14. The van der Waals surface area contributed by atoms with E-state index >= 15 is 0 Å². The maximum atomic E-state index is 2.35. The lowest BCUT2D eigenvalue weighted by Crippen LogP contribution is -1.87. The summed E-state index contributed by atoms with van der Waals surface area (Å²) in [7, 11) is 0. The Morgan fingerprint density at radius 3 is 2.16 bits per heavy atom. The topological polar surface area (TPSA) is 0 Å². The molecule has 3 aromatic rings. The molecule has 0 amide bonds. The Kier molecular flexibility index (Phi) is 2.28. The van der Waals surface area contributed by atoms with Gasteiger partial charge in [0.1, 0.15) is 0 Å². The van der Waals surface area contributed by atoms with Crippen LogP contribution in [0.3, 0.4) is 0 Å². The number of rotatable bonds is 1. The summed E-state index contributed by atoms with van der Waals surface area (Å²) in [5.74, 6) is 0. The second kappa shape index (κ2) is 4.10. The summed E-state index contributed by atoms with van der Waals surface area (Å²) in [4.78, 5) is 0. The molecule has 0 bridgehead atoms. The quantitative estimate of drug-likeness (QED) is 0.573. The van der Waals surface area contributed by atoms with Crippen LogP contribution in [0.1, 0.15) is 16.7 Å². The molecule has 0 radical (unpaired) electrons. The fourth-order valence-corrected chi connectivity index (χ4v) is 2.92. The standard InChI is InChI=1S/C19H14/c1-2-6-14(7-3-1)18-11-10-17-12-15-8-4-5-9-16(15)13-19(17)18/h1-9,11-13H,10H2. The summed E-state index contributed by atoms with van der Waals surface area (Å²) in [5.41, 5.74) is 5.53. The zero-order chi connectivity index (χ0) is 12.7. The van der Waals surface area contributed by atoms with E-state index in [4.69, 9.17) is 0 Å². The van der Waals surface area contributed by atoms with Gasteiger partial charge in [0.15, 0.2) is 0 Å². The van der Waals surface area contributed by atoms with Crippen molar-refractivity contribution in [2.45, 2.75) is 6.42 Å². The Bertz CT molecular complexity index is 780. The summed E-state index contributed by atoms with van der Waals surface area (Å²) in [6.45, 7) is 0. The highest BCUT2D eigenvalue weighted by atomic mass is 14.2. The Morgan fingerprint density at radius 1 is 0.684 bits per heavy atom. The highest BCUT2D eigenvalue weighted by Crippen LogP contribution is 2.35. The van der Waals surface area contributed by atoms with E-state index in [9.17, 15) is 0 Å². The first-order valence-electron chi connectivity index (χ1n) is 6.69. The average molecular weight is 242 g/mol.